The molecule has 7 rings (SSSR count). The second-order valence-electron chi connectivity index (χ2n) is 19.9. The van der Waals surface area contributed by atoms with E-state index in [9.17, 15) is 19.2 Å². The molecule has 1 unspecified atom stereocenters. The fraction of sp³-hybridized carbons (Fsp3) is 0.690. The number of ether oxygens (including phenoxy) is 5. The minimum atomic E-state index is -1.10. The largest absolute Gasteiger partial charge is 0.514 e. The molecule has 0 spiro atoms. The molecular weight excluding hydrogens is 747 g/mol. The van der Waals surface area contributed by atoms with Gasteiger partial charge in [0.05, 0.1) is 36.7 Å². The number of benzene rings is 1. The predicted octanol–water partition coefficient (Wildman–Crippen LogP) is 7.11. The number of amides is 2. The Bertz CT molecular complexity index is 1900. The Morgan fingerprint density at radius 1 is 0.966 bits per heavy atom. The maximum Gasteiger partial charge on any atom is 0.514 e. The van der Waals surface area contributed by atoms with E-state index in [2.05, 4.69) is 36.1 Å². The zero-order valence-electron chi connectivity index (χ0n) is 36.3. The molecule has 2 saturated heterocycles. The van der Waals surface area contributed by atoms with Gasteiger partial charge in [0.1, 0.15) is 40.0 Å². The first-order chi connectivity index (χ1) is 26.7. The second-order valence-corrected chi connectivity index (χ2v) is 19.9. The van der Waals surface area contributed by atoms with Gasteiger partial charge in [0.2, 0.25) is 0 Å². The molecule has 0 radical (unpaired) electrons. The number of aromatic nitrogens is 2. The number of aromatic amines is 1. The third kappa shape index (κ3) is 9.43. The molecule has 58 heavy (non-hydrogen) atoms. The predicted molar refractivity (Wildman–Crippen MR) is 214 cm³/mol. The average Bonchev–Trinajstić information content (AvgIpc) is 3.63. The van der Waals surface area contributed by atoms with E-state index >= 15 is 0 Å². The molecule has 3 aliphatic carbocycles. The summed E-state index contributed by atoms with van der Waals surface area (Å²) < 4.78 is 42.3. The molecule has 3 saturated carbocycles. The Kier molecular flexibility index (Phi) is 11.5. The third-order valence-corrected chi connectivity index (χ3v) is 11.4. The van der Waals surface area contributed by atoms with Gasteiger partial charge >= 0.3 is 25.3 Å². The van der Waals surface area contributed by atoms with Crippen molar-refractivity contribution in [3.05, 3.63) is 41.0 Å². The molecule has 2 aliphatic heterocycles. The van der Waals surface area contributed by atoms with Gasteiger partial charge < -0.3 is 48.2 Å². The Hall–Kier alpha value is -4.31. The van der Waals surface area contributed by atoms with Crippen LogP contribution in [0.2, 0.25) is 6.32 Å². The summed E-state index contributed by atoms with van der Waals surface area (Å²) in [6, 6.07) is 2.30. The number of hydrogen-bond donors (Lipinski definition) is 2. The van der Waals surface area contributed by atoms with E-state index < -0.39 is 60.2 Å². The lowest BCUT2D eigenvalue weighted by atomic mass is 9.43. The number of carbonyl (C=O) groups is 4. The normalized spacial score (nSPS) is 24.5. The Morgan fingerprint density at radius 2 is 1.62 bits per heavy atom. The zero-order valence-corrected chi connectivity index (χ0v) is 36.3. The number of alkyl carbamates (subject to hydrolysis) is 1. The van der Waals surface area contributed by atoms with Gasteiger partial charge in [-0.3, -0.25) is 4.79 Å². The quantitative estimate of drug-likeness (QED) is 0.108. The summed E-state index contributed by atoms with van der Waals surface area (Å²) in [5, 5.41) is 2.66. The van der Waals surface area contributed by atoms with Crippen molar-refractivity contribution in [2.24, 2.45) is 17.3 Å². The molecule has 2 bridgehead atoms. The van der Waals surface area contributed by atoms with Gasteiger partial charge in [0.15, 0.2) is 11.8 Å². The molecule has 2 aromatic rings. The summed E-state index contributed by atoms with van der Waals surface area (Å²) in [5.41, 5.74) is -1.92. The van der Waals surface area contributed by atoms with Crippen molar-refractivity contribution in [2.45, 2.75) is 156 Å². The fourth-order valence-electron chi connectivity index (χ4n) is 8.58. The van der Waals surface area contributed by atoms with E-state index in [0.717, 1.165) is 12.8 Å². The van der Waals surface area contributed by atoms with E-state index in [1.165, 1.54) is 11.1 Å². The van der Waals surface area contributed by atoms with Crippen LogP contribution in [0.3, 0.4) is 0 Å². The van der Waals surface area contributed by atoms with Crippen LogP contribution in [0.5, 0.6) is 11.5 Å². The molecule has 5 atom stereocenters. The van der Waals surface area contributed by atoms with Crippen LogP contribution in [0.25, 0.3) is 0 Å². The lowest BCUT2D eigenvalue weighted by Gasteiger charge is -2.64. The van der Waals surface area contributed by atoms with Crippen molar-refractivity contribution in [2.75, 3.05) is 13.1 Å². The number of nitrogens with one attached hydrogen (secondary N) is 2. The molecule has 15 nitrogen and oxygen atoms in total. The van der Waals surface area contributed by atoms with Crippen molar-refractivity contribution in [1.29, 1.82) is 0 Å². The molecule has 5 fully saturated rings. The topological polar surface area (TPSA) is 177 Å². The fourth-order valence-corrected chi connectivity index (χ4v) is 8.58. The number of hydrogen-bond acceptors (Lipinski definition) is 12. The Labute approximate surface area is 342 Å². The second kappa shape index (κ2) is 15.4. The monoisotopic (exact) mass is 808 g/mol. The minimum absolute atomic E-state index is 0.000700. The maximum atomic E-state index is 14.1. The van der Waals surface area contributed by atoms with Crippen LogP contribution in [-0.2, 0) is 34.7 Å². The van der Waals surface area contributed by atoms with Crippen molar-refractivity contribution in [1.82, 2.24) is 20.2 Å². The number of imidazole rings is 1. The van der Waals surface area contributed by atoms with Crippen LogP contribution < -0.4 is 14.8 Å². The zero-order chi connectivity index (χ0) is 42.7. The molecule has 2 N–H and O–H groups in total. The van der Waals surface area contributed by atoms with E-state index in [0.29, 0.717) is 41.7 Å². The Morgan fingerprint density at radius 3 is 2.21 bits per heavy atom. The highest BCUT2D eigenvalue weighted by atomic mass is 16.7. The van der Waals surface area contributed by atoms with Crippen LogP contribution in [0.4, 0.5) is 9.59 Å². The van der Waals surface area contributed by atoms with Crippen molar-refractivity contribution in [3.8, 4) is 11.5 Å². The average molecular weight is 809 g/mol. The van der Waals surface area contributed by atoms with Crippen molar-refractivity contribution >= 4 is 31.2 Å². The molecule has 3 heterocycles. The van der Waals surface area contributed by atoms with Crippen LogP contribution in [-0.4, -0.2) is 93.8 Å². The maximum absolute atomic E-state index is 14.1. The molecular formula is C42H61BN4O11. The number of H-pyrrole nitrogens is 1. The summed E-state index contributed by atoms with van der Waals surface area (Å²) in [6.45, 7) is 24.4. The summed E-state index contributed by atoms with van der Waals surface area (Å²) in [4.78, 5) is 62.7. The standard InChI is InChI=1S/C42H61BN4O11/c1-23-44-20-27(45-23)32(46-36(50)55-39(5,6)7)34(48)47-21-26(22-47)52-28-15-14-24(16-17-43-57-30-19-25-18-29(41(25,11)12)42(30,13)58-43)33(53-37(51)56-40(8,9)10)31(28)35(49)54-38(2,3)4/h14-15,20,25-26,29-30,32H,16-19,21-22H2,1-13H3,(H,44,45)(H,46,50)/t25-,29-,30+,32?,42-/m0/s1. The summed E-state index contributed by atoms with van der Waals surface area (Å²) in [7, 11) is -0.488. The first-order valence-corrected chi connectivity index (χ1v) is 20.3. The van der Waals surface area contributed by atoms with Crippen molar-refractivity contribution < 1.29 is 52.2 Å². The molecule has 1 aromatic carbocycles. The highest BCUT2D eigenvalue weighted by Gasteiger charge is 2.67. The number of carbonyl (C=O) groups excluding carboxylic acids is 4. The summed E-state index contributed by atoms with van der Waals surface area (Å²) >= 11 is 0. The van der Waals surface area contributed by atoms with Crippen LogP contribution in [0.1, 0.15) is 129 Å². The van der Waals surface area contributed by atoms with Gasteiger partial charge in [-0.05, 0) is 131 Å². The smallest absolute Gasteiger partial charge is 0.486 e. The molecule has 1 aromatic heterocycles. The molecule has 318 valence electrons. The van der Waals surface area contributed by atoms with Gasteiger partial charge in [-0.1, -0.05) is 19.9 Å². The van der Waals surface area contributed by atoms with Gasteiger partial charge in [0.25, 0.3) is 5.91 Å². The summed E-state index contributed by atoms with van der Waals surface area (Å²) in [5.74, 6) is 0.464. The summed E-state index contributed by atoms with van der Waals surface area (Å²) in [6.07, 6.45) is 2.04. The number of rotatable bonds is 10. The minimum Gasteiger partial charge on any atom is -0.486 e. The molecule has 5 aliphatic rings. The molecule has 16 heteroatoms. The first-order valence-electron chi connectivity index (χ1n) is 20.3. The molecule has 2 amide bonds. The first kappa shape index (κ1) is 43.3. The van der Waals surface area contributed by atoms with Gasteiger partial charge in [0, 0.05) is 0 Å². The van der Waals surface area contributed by atoms with Crippen LogP contribution >= 0.6 is 0 Å². The number of likely N-dealkylation sites (tertiary alicyclic amines) is 1. The Balaban J connectivity index is 1.24. The number of aryl methyl sites for hydroxylation is 2. The lowest BCUT2D eigenvalue weighted by Crippen LogP contribution is -2.65. The van der Waals surface area contributed by atoms with Crippen LogP contribution in [0.15, 0.2) is 18.3 Å². The van der Waals surface area contributed by atoms with Crippen LogP contribution in [0, 0.1) is 24.2 Å². The van der Waals surface area contributed by atoms with Crippen molar-refractivity contribution in [3.63, 3.8) is 0 Å². The number of nitrogens with zero attached hydrogens (tertiary/aromatic N) is 2. The van der Waals surface area contributed by atoms with E-state index in [1.807, 2.05) is 0 Å². The van der Waals surface area contributed by atoms with E-state index in [4.69, 9.17) is 33.0 Å². The highest BCUT2D eigenvalue weighted by Crippen LogP contribution is 2.65. The van der Waals surface area contributed by atoms with E-state index in [1.54, 1.807) is 81.4 Å². The van der Waals surface area contributed by atoms with Gasteiger partial charge in [-0.15, -0.1) is 0 Å². The number of esters is 1. The van der Waals surface area contributed by atoms with E-state index in [-0.39, 0.29) is 47.3 Å². The lowest BCUT2D eigenvalue weighted by molar-refractivity contribution is -0.199. The SMILES string of the molecule is Cc1ncc(C(NC(=O)OC(C)(C)C)C(=O)N2CC(Oc3ccc(CCB4O[C@@H]5C[C@@H]6C[C@@H](C6(C)C)[C@]5(C)O4)c(OC(=O)OC(C)(C)C)c3C(=O)OC(C)(C)C)C2)[nH]1. The van der Waals surface area contributed by atoms with Gasteiger partial charge in [-0.2, -0.15) is 0 Å². The highest BCUT2D eigenvalue weighted by molar-refractivity contribution is 6.45. The third-order valence-electron chi connectivity index (χ3n) is 11.4. The van der Waals surface area contributed by atoms with Gasteiger partial charge in [-0.25, -0.2) is 19.4 Å².